The van der Waals surface area contributed by atoms with E-state index in [0.29, 0.717) is 18.0 Å². The van der Waals surface area contributed by atoms with Crippen molar-refractivity contribution in [2.45, 2.75) is 11.4 Å². The van der Waals surface area contributed by atoms with Gasteiger partial charge < -0.3 is 10.1 Å². The molecule has 2 N–H and O–H groups in total. The second-order valence-electron chi connectivity index (χ2n) is 2.34. The van der Waals surface area contributed by atoms with Crippen LogP contribution in [-0.4, -0.2) is 29.5 Å². The molecular weight excluding hydrogens is 208 g/mol. The molecule has 0 aliphatic heterocycles. The standard InChI is InChI=1S/C7H10N2O2S2/c10-3-1-2-8-4-5-6(12)9-7(11)13-5/h4,10,12H,1-3H2,(H,9,11). The first kappa shape index (κ1) is 10.5. The van der Waals surface area contributed by atoms with Gasteiger partial charge in [0.05, 0.1) is 9.90 Å². The molecule has 1 aromatic rings. The number of nitrogens with one attached hydrogen (secondary N) is 1. The van der Waals surface area contributed by atoms with Crippen molar-refractivity contribution in [1.82, 2.24) is 4.98 Å². The Morgan fingerprint density at radius 2 is 2.46 bits per heavy atom. The SMILES string of the molecule is O=c1[nH]c(S)c(C=NCCCO)s1. The van der Waals surface area contributed by atoms with Gasteiger partial charge in [-0.25, -0.2) is 0 Å². The molecule has 0 spiro atoms. The molecule has 1 aromatic heterocycles. The van der Waals surface area contributed by atoms with Crippen LogP contribution in [0.1, 0.15) is 11.3 Å². The molecule has 0 radical (unpaired) electrons. The molecule has 0 atom stereocenters. The largest absolute Gasteiger partial charge is 0.396 e. The van der Waals surface area contributed by atoms with Crippen LogP contribution in [0.4, 0.5) is 0 Å². The molecule has 0 saturated heterocycles. The lowest BCUT2D eigenvalue weighted by Gasteiger charge is -1.88. The summed E-state index contributed by atoms with van der Waals surface area (Å²) in [7, 11) is 0. The molecule has 0 saturated carbocycles. The molecule has 0 bridgehead atoms. The van der Waals surface area contributed by atoms with Gasteiger partial charge in [0.25, 0.3) is 0 Å². The van der Waals surface area contributed by atoms with E-state index in [1.807, 2.05) is 0 Å². The van der Waals surface area contributed by atoms with E-state index >= 15 is 0 Å². The first-order chi connectivity index (χ1) is 6.24. The molecule has 4 nitrogen and oxygen atoms in total. The van der Waals surface area contributed by atoms with Crippen molar-refractivity contribution in [1.29, 1.82) is 0 Å². The number of hydrogen-bond donors (Lipinski definition) is 3. The van der Waals surface area contributed by atoms with Crippen molar-refractivity contribution >= 4 is 30.2 Å². The van der Waals surface area contributed by atoms with Gasteiger partial charge in [0, 0.05) is 19.4 Å². The van der Waals surface area contributed by atoms with Crippen LogP contribution >= 0.6 is 24.0 Å². The zero-order chi connectivity index (χ0) is 9.68. The zero-order valence-electron chi connectivity index (χ0n) is 6.86. The molecule has 13 heavy (non-hydrogen) atoms. The van der Waals surface area contributed by atoms with Crippen molar-refractivity contribution in [2.24, 2.45) is 4.99 Å². The number of nitrogens with zero attached hydrogens (tertiary/aromatic N) is 1. The molecular formula is C7H10N2O2S2. The Balaban J connectivity index is 2.58. The van der Waals surface area contributed by atoms with Gasteiger partial charge >= 0.3 is 4.87 Å². The second kappa shape index (κ2) is 5.21. The van der Waals surface area contributed by atoms with Crippen LogP contribution in [0.25, 0.3) is 0 Å². The highest BCUT2D eigenvalue weighted by molar-refractivity contribution is 7.80. The quantitative estimate of drug-likeness (QED) is 0.392. The summed E-state index contributed by atoms with van der Waals surface area (Å²) < 4.78 is 0. The number of thiol groups is 1. The van der Waals surface area contributed by atoms with Crippen LogP contribution < -0.4 is 4.87 Å². The maximum atomic E-state index is 10.8. The fourth-order valence-electron chi connectivity index (χ4n) is 0.729. The molecule has 6 heteroatoms. The maximum absolute atomic E-state index is 10.8. The third-order valence-electron chi connectivity index (χ3n) is 1.31. The lowest BCUT2D eigenvalue weighted by molar-refractivity contribution is 0.291. The summed E-state index contributed by atoms with van der Waals surface area (Å²) in [5, 5.41) is 9.02. The van der Waals surface area contributed by atoms with E-state index < -0.39 is 0 Å². The summed E-state index contributed by atoms with van der Waals surface area (Å²) in [6.45, 7) is 0.699. The van der Waals surface area contributed by atoms with Gasteiger partial charge in [0.1, 0.15) is 0 Å². The molecule has 0 amide bonds. The predicted octanol–water partition coefficient (Wildman–Crippen LogP) is 0.526. The van der Waals surface area contributed by atoms with E-state index in [9.17, 15) is 4.79 Å². The van der Waals surface area contributed by atoms with Crippen molar-refractivity contribution in [3.05, 3.63) is 14.5 Å². The molecule has 0 aliphatic carbocycles. The van der Waals surface area contributed by atoms with Crippen LogP contribution in [0.5, 0.6) is 0 Å². The Hall–Kier alpha value is -0.590. The molecule has 0 aromatic carbocycles. The maximum Gasteiger partial charge on any atom is 0.305 e. The molecule has 0 unspecified atom stereocenters. The number of aliphatic hydroxyl groups excluding tert-OH is 1. The lowest BCUT2D eigenvalue weighted by atomic mass is 10.4. The first-order valence-corrected chi connectivity index (χ1v) is 5.03. The smallest absolute Gasteiger partial charge is 0.305 e. The van der Waals surface area contributed by atoms with Gasteiger partial charge in [-0.1, -0.05) is 11.3 Å². The van der Waals surface area contributed by atoms with E-state index in [4.69, 9.17) is 5.11 Å². The highest BCUT2D eigenvalue weighted by Gasteiger charge is 1.99. The van der Waals surface area contributed by atoms with Crippen molar-refractivity contribution in [3.63, 3.8) is 0 Å². The fraction of sp³-hybridized carbons (Fsp3) is 0.429. The number of hydrogen-bond acceptors (Lipinski definition) is 5. The predicted molar refractivity (Wildman–Crippen MR) is 56.4 cm³/mol. The summed E-state index contributed by atoms with van der Waals surface area (Å²) in [4.78, 5) is 18.0. The Bertz CT molecular complexity index is 343. The minimum atomic E-state index is -0.131. The number of rotatable bonds is 4. The van der Waals surface area contributed by atoms with Gasteiger partial charge in [-0.3, -0.25) is 9.79 Å². The normalized spacial score (nSPS) is 11.2. The Morgan fingerprint density at radius 1 is 1.69 bits per heavy atom. The number of aliphatic hydroxyl groups is 1. The van der Waals surface area contributed by atoms with Gasteiger partial charge in [-0.2, -0.15) is 0 Å². The van der Waals surface area contributed by atoms with Crippen molar-refractivity contribution in [2.75, 3.05) is 13.2 Å². The van der Waals surface area contributed by atoms with Crippen molar-refractivity contribution < 1.29 is 5.11 Å². The van der Waals surface area contributed by atoms with E-state index in [2.05, 4.69) is 22.6 Å². The minimum absolute atomic E-state index is 0.131. The summed E-state index contributed by atoms with van der Waals surface area (Å²) in [5.74, 6) is 0. The van der Waals surface area contributed by atoms with Crippen molar-refractivity contribution in [3.8, 4) is 0 Å². The minimum Gasteiger partial charge on any atom is -0.396 e. The molecule has 0 aliphatic rings. The Labute approximate surface area is 84.8 Å². The van der Waals surface area contributed by atoms with Crippen LogP contribution in [-0.2, 0) is 0 Å². The number of aromatic amines is 1. The number of aliphatic imine (C=N–C) groups is 1. The summed E-state index contributed by atoms with van der Waals surface area (Å²) in [6.07, 6.45) is 2.23. The third kappa shape index (κ3) is 3.33. The van der Waals surface area contributed by atoms with E-state index in [0.717, 1.165) is 16.2 Å². The van der Waals surface area contributed by atoms with Crippen LogP contribution in [0.2, 0.25) is 0 Å². The van der Waals surface area contributed by atoms with Gasteiger partial charge in [-0.15, -0.1) is 12.6 Å². The second-order valence-corrected chi connectivity index (χ2v) is 3.80. The number of thiazole rings is 1. The number of aromatic nitrogens is 1. The summed E-state index contributed by atoms with van der Waals surface area (Å²) in [6, 6.07) is 0. The lowest BCUT2D eigenvalue weighted by Crippen LogP contribution is -1.89. The van der Waals surface area contributed by atoms with Crippen LogP contribution in [0.15, 0.2) is 14.8 Å². The number of H-pyrrole nitrogens is 1. The van der Waals surface area contributed by atoms with Gasteiger partial charge in [0.15, 0.2) is 0 Å². The van der Waals surface area contributed by atoms with E-state index in [-0.39, 0.29) is 11.5 Å². The third-order valence-corrected chi connectivity index (χ3v) is 2.63. The zero-order valence-corrected chi connectivity index (χ0v) is 8.57. The van der Waals surface area contributed by atoms with E-state index in [1.54, 1.807) is 6.21 Å². The average molecular weight is 218 g/mol. The molecule has 1 rings (SSSR count). The van der Waals surface area contributed by atoms with Gasteiger partial charge in [-0.05, 0) is 6.42 Å². The topological polar surface area (TPSA) is 65.5 Å². The summed E-state index contributed by atoms with van der Waals surface area (Å²) in [5.41, 5.74) is 0. The molecule has 72 valence electrons. The van der Waals surface area contributed by atoms with Gasteiger partial charge in [0.2, 0.25) is 0 Å². The average Bonchev–Trinajstić information content (AvgIpc) is 2.39. The summed E-state index contributed by atoms with van der Waals surface area (Å²) >= 11 is 5.13. The van der Waals surface area contributed by atoms with E-state index in [1.165, 1.54) is 0 Å². The molecule has 1 heterocycles. The first-order valence-electron chi connectivity index (χ1n) is 3.77. The highest BCUT2D eigenvalue weighted by atomic mass is 32.1. The monoisotopic (exact) mass is 218 g/mol. The fourth-order valence-corrected chi connectivity index (χ4v) is 1.73. The van der Waals surface area contributed by atoms with Crippen LogP contribution in [0, 0.1) is 0 Å². The Morgan fingerprint density at radius 3 is 3.00 bits per heavy atom. The van der Waals surface area contributed by atoms with Crippen LogP contribution in [0.3, 0.4) is 0 Å². The Kier molecular flexibility index (Phi) is 4.20. The molecule has 0 fully saturated rings. The highest BCUT2D eigenvalue weighted by Crippen LogP contribution is 2.09.